The fourth-order valence-corrected chi connectivity index (χ4v) is 8.56. The van der Waals surface area contributed by atoms with Gasteiger partial charge in [-0.15, -0.1) is 0 Å². The molecule has 9 aromatic rings. The van der Waals surface area contributed by atoms with Crippen LogP contribution in [0.4, 0.5) is 17.1 Å². The van der Waals surface area contributed by atoms with Crippen LogP contribution in [0.5, 0.6) is 0 Å². The monoisotopic (exact) mass is 792 g/mol. The van der Waals surface area contributed by atoms with Crippen LogP contribution in [0.2, 0.25) is 0 Å². The Hall–Kier alpha value is -9.34. The first-order chi connectivity index (χ1) is 30.4. The number of carbonyl (C=O) groups is 2. The molecule has 2 heterocycles. The van der Waals surface area contributed by atoms with Crippen molar-refractivity contribution >= 4 is 50.7 Å². The molecule has 1 aliphatic heterocycles. The highest BCUT2D eigenvalue weighted by atomic mass is 16.2. The zero-order valence-corrected chi connectivity index (χ0v) is 32.7. The van der Waals surface area contributed by atoms with Gasteiger partial charge in [0.2, 0.25) is 0 Å². The maximum Gasteiger partial charge on any atom is 0.268 e. The molecule has 0 fully saturated rings. The molecule has 286 valence electrons. The summed E-state index contributed by atoms with van der Waals surface area (Å²) in [4.78, 5) is 38.4. The summed E-state index contributed by atoms with van der Waals surface area (Å²) >= 11 is 0. The average Bonchev–Trinajstić information content (AvgIpc) is 3.80. The van der Waals surface area contributed by atoms with E-state index in [1.165, 1.54) is 4.90 Å². The van der Waals surface area contributed by atoms with E-state index in [1.807, 2.05) is 126 Å². The lowest BCUT2D eigenvalue weighted by molar-refractivity contribution is 0.0926. The molecule has 8 aromatic carbocycles. The number of hydrogen-bond donors (Lipinski definition) is 0. The van der Waals surface area contributed by atoms with Crippen molar-refractivity contribution < 1.29 is 9.59 Å². The molecule has 0 radical (unpaired) electrons. The van der Waals surface area contributed by atoms with Gasteiger partial charge in [-0.3, -0.25) is 9.59 Å². The molecular weight excluding hydrogens is 765 g/mol. The predicted molar refractivity (Wildman–Crippen MR) is 242 cm³/mol. The van der Waals surface area contributed by atoms with Crippen molar-refractivity contribution in [2.24, 2.45) is 0 Å². The van der Waals surface area contributed by atoms with E-state index < -0.39 is 11.8 Å². The second kappa shape index (κ2) is 14.8. The van der Waals surface area contributed by atoms with Gasteiger partial charge in [0.15, 0.2) is 11.4 Å². The van der Waals surface area contributed by atoms with Crippen LogP contribution in [0.1, 0.15) is 31.8 Å². The van der Waals surface area contributed by atoms with Crippen molar-refractivity contribution in [3.05, 3.63) is 215 Å². The number of hydrogen-bond acceptors (Lipinski definition) is 4. The minimum absolute atomic E-state index is 0.262. The molecule has 0 atom stereocenters. The highest BCUT2D eigenvalue weighted by Crippen LogP contribution is 2.44. The van der Waals surface area contributed by atoms with Crippen molar-refractivity contribution in [3.63, 3.8) is 0 Å². The molecule has 0 saturated carbocycles. The summed E-state index contributed by atoms with van der Waals surface area (Å²) in [5, 5.41) is 21.3. The first-order valence-electron chi connectivity index (χ1n) is 19.6. The molecule has 0 bridgehead atoms. The molecule has 0 spiro atoms. The number of benzene rings is 8. The fourth-order valence-electron chi connectivity index (χ4n) is 8.56. The number of anilines is 1. The maximum absolute atomic E-state index is 15.1. The van der Waals surface area contributed by atoms with Gasteiger partial charge >= 0.3 is 0 Å². The molecule has 62 heavy (non-hydrogen) atoms. The normalized spacial score (nSPS) is 11.8. The number of nitriles is 2. The number of imide groups is 1. The molecular formula is C54H28N6O2. The van der Waals surface area contributed by atoms with Gasteiger partial charge in [-0.1, -0.05) is 109 Å². The Morgan fingerprint density at radius 2 is 1.11 bits per heavy atom. The minimum Gasteiger partial charge on any atom is -0.308 e. The van der Waals surface area contributed by atoms with Crippen LogP contribution in [0.3, 0.4) is 0 Å². The molecule has 0 unspecified atom stereocenters. The third kappa shape index (κ3) is 5.89. The van der Waals surface area contributed by atoms with Crippen molar-refractivity contribution in [2.75, 3.05) is 4.90 Å². The largest absolute Gasteiger partial charge is 0.308 e. The van der Waals surface area contributed by atoms with E-state index in [0.29, 0.717) is 45.0 Å². The van der Waals surface area contributed by atoms with E-state index in [4.69, 9.17) is 13.1 Å². The maximum atomic E-state index is 15.1. The van der Waals surface area contributed by atoms with Crippen LogP contribution >= 0.6 is 0 Å². The minimum atomic E-state index is -0.455. The number of amides is 2. The van der Waals surface area contributed by atoms with E-state index in [-0.39, 0.29) is 11.1 Å². The molecule has 8 heteroatoms. The molecule has 1 aromatic heterocycles. The van der Waals surface area contributed by atoms with Gasteiger partial charge in [-0.2, -0.15) is 10.5 Å². The second-order valence-corrected chi connectivity index (χ2v) is 14.8. The van der Waals surface area contributed by atoms with E-state index in [1.54, 1.807) is 48.5 Å². The topological polar surface area (TPSA) is 98.6 Å². The molecule has 8 nitrogen and oxygen atoms in total. The number of fused-ring (bicyclic) bond motifs is 4. The fraction of sp³-hybridized carbons (Fsp3) is 0. The predicted octanol–water partition coefficient (Wildman–Crippen LogP) is 13.1. The highest BCUT2D eigenvalue weighted by molar-refractivity contribution is 6.36. The number of rotatable bonds is 6. The molecule has 0 N–H and O–H groups in total. The quantitative estimate of drug-likeness (QED) is 0.124. The van der Waals surface area contributed by atoms with Crippen molar-refractivity contribution in [1.82, 2.24) is 4.57 Å². The van der Waals surface area contributed by atoms with Crippen LogP contribution in [-0.2, 0) is 0 Å². The Kier molecular flexibility index (Phi) is 8.82. The Bertz CT molecular complexity index is 3430. The van der Waals surface area contributed by atoms with Gasteiger partial charge in [0.25, 0.3) is 11.8 Å². The highest BCUT2D eigenvalue weighted by Gasteiger charge is 2.40. The van der Waals surface area contributed by atoms with Crippen LogP contribution < -0.4 is 4.90 Å². The average molecular weight is 793 g/mol. The van der Waals surface area contributed by atoms with Crippen LogP contribution in [0.15, 0.2) is 170 Å². The lowest BCUT2D eigenvalue weighted by Crippen LogP contribution is -2.30. The number of aromatic nitrogens is 1. The first kappa shape index (κ1) is 37.0. The Morgan fingerprint density at radius 3 is 1.77 bits per heavy atom. The summed E-state index contributed by atoms with van der Waals surface area (Å²) in [6.45, 7) is 15.4. The smallest absolute Gasteiger partial charge is 0.268 e. The lowest BCUT2D eigenvalue weighted by atomic mass is 9.97. The molecule has 1 aliphatic rings. The first-order valence-corrected chi connectivity index (χ1v) is 19.6. The summed E-state index contributed by atoms with van der Waals surface area (Å²) in [5.74, 6) is -0.886. The molecule has 10 rings (SSSR count). The van der Waals surface area contributed by atoms with Gasteiger partial charge in [0, 0.05) is 27.5 Å². The molecule has 0 aliphatic carbocycles. The Labute approximate surface area is 356 Å². The van der Waals surface area contributed by atoms with E-state index in [9.17, 15) is 15.3 Å². The van der Waals surface area contributed by atoms with Gasteiger partial charge < -0.3 is 4.57 Å². The van der Waals surface area contributed by atoms with Crippen molar-refractivity contribution in [3.8, 4) is 62.3 Å². The third-order valence-electron chi connectivity index (χ3n) is 11.5. The van der Waals surface area contributed by atoms with Crippen molar-refractivity contribution in [2.45, 2.75) is 0 Å². The molecule has 2 amide bonds. The summed E-state index contributed by atoms with van der Waals surface area (Å²) in [6, 6.07) is 56.9. The SMILES string of the molecule is [C-]#[N+]c1ccc(-c2ccc3c(c2)c2cc(-c4ccc(C#N)cc4[N+]#[C-])ccc2n3-c2cccc3c2C(=O)N(c2cc(-c4ccccc4)ccc2-c2ccccc2)C3=O)c(C#N)c1. The Balaban J connectivity index is 1.20. The molecule has 0 saturated heterocycles. The van der Waals surface area contributed by atoms with E-state index >= 15 is 4.79 Å². The third-order valence-corrected chi connectivity index (χ3v) is 11.5. The summed E-state index contributed by atoms with van der Waals surface area (Å²) in [5.41, 5.74) is 10.7. The van der Waals surface area contributed by atoms with Gasteiger partial charge in [-0.05, 0) is 99.6 Å². The summed E-state index contributed by atoms with van der Waals surface area (Å²) < 4.78 is 1.99. The van der Waals surface area contributed by atoms with Crippen LogP contribution in [0.25, 0.3) is 81.7 Å². The Morgan fingerprint density at radius 1 is 0.468 bits per heavy atom. The van der Waals surface area contributed by atoms with Gasteiger partial charge in [0.05, 0.1) is 58.8 Å². The number of nitrogens with zero attached hydrogens (tertiary/aromatic N) is 6. The second-order valence-electron chi connectivity index (χ2n) is 14.8. The standard InChI is InChI=1S/C54H28N6O2/c1-57-40-20-23-41(39(27-40)32-56)37-18-24-48-45(28-37)46-29-38(42-21-16-33(31-55)26-47(42)58-2)19-25-49(46)59(48)50-15-9-14-44-52(50)54(62)60(53(44)61)51-30-36(34-10-5-3-6-11-34)17-22-43(51)35-12-7-4-8-13-35/h3-30H. The summed E-state index contributed by atoms with van der Waals surface area (Å²) in [7, 11) is 0. The lowest BCUT2D eigenvalue weighted by Gasteiger charge is -2.20. The van der Waals surface area contributed by atoms with Gasteiger partial charge in [-0.25, -0.2) is 14.6 Å². The van der Waals surface area contributed by atoms with Crippen molar-refractivity contribution in [1.29, 1.82) is 10.5 Å². The van der Waals surface area contributed by atoms with E-state index in [2.05, 4.69) is 21.8 Å². The number of carbonyl (C=O) groups excluding carboxylic acids is 2. The van der Waals surface area contributed by atoms with Crippen LogP contribution in [-0.4, -0.2) is 16.4 Å². The zero-order chi connectivity index (χ0) is 42.5. The summed E-state index contributed by atoms with van der Waals surface area (Å²) in [6.07, 6.45) is 0. The zero-order valence-electron chi connectivity index (χ0n) is 32.7. The van der Waals surface area contributed by atoms with E-state index in [0.717, 1.165) is 55.2 Å². The van der Waals surface area contributed by atoms with Gasteiger partial charge in [0.1, 0.15) is 0 Å². The van der Waals surface area contributed by atoms with Crippen LogP contribution in [0, 0.1) is 35.8 Å².